The number of halogens is 2. The van der Waals surface area contributed by atoms with E-state index in [0.29, 0.717) is 24.6 Å². The van der Waals surface area contributed by atoms with Gasteiger partial charge in [0.15, 0.2) is 5.06 Å². The first-order valence-electron chi connectivity index (χ1n) is 7.12. The molecule has 0 fully saturated rings. The summed E-state index contributed by atoms with van der Waals surface area (Å²) >= 11 is 17.4. The van der Waals surface area contributed by atoms with E-state index in [0.717, 1.165) is 11.3 Å². The summed E-state index contributed by atoms with van der Waals surface area (Å²) in [4.78, 5) is 12.1. The third-order valence-corrected chi connectivity index (χ3v) is 6.49. The number of hydrogen-bond acceptors (Lipinski definition) is 6. The Morgan fingerprint density at radius 2 is 1.80 bits per heavy atom. The largest absolute Gasteiger partial charge is 0.414 e. The van der Waals surface area contributed by atoms with Crippen LogP contribution in [-0.4, -0.2) is 5.97 Å². The lowest BCUT2D eigenvalue weighted by molar-refractivity contribution is -0.133. The minimum atomic E-state index is -0.336. The van der Waals surface area contributed by atoms with Gasteiger partial charge in [-0.25, -0.2) is 0 Å². The summed E-state index contributed by atoms with van der Waals surface area (Å²) in [5, 5.41) is 4.75. The van der Waals surface area contributed by atoms with Crippen LogP contribution in [-0.2, 0) is 11.2 Å². The number of hydrogen-bond donors (Lipinski definition) is 1. The van der Waals surface area contributed by atoms with E-state index in [-0.39, 0.29) is 12.4 Å². The molecule has 0 aliphatic rings. The zero-order valence-corrected chi connectivity index (χ0v) is 16.6. The van der Waals surface area contributed by atoms with Gasteiger partial charge in [-0.1, -0.05) is 64.0 Å². The SMILES string of the molecule is O=C(Cc1cccc(Nc2c(Cl)cccc2Cl)c1)Oc1cc(=S)ss1. The first-order valence-corrected chi connectivity index (χ1v) is 10.4. The van der Waals surface area contributed by atoms with Crippen molar-refractivity contribution in [2.45, 2.75) is 6.42 Å². The summed E-state index contributed by atoms with van der Waals surface area (Å²) in [6, 6.07) is 14.4. The molecule has 2 aromatic carbocycles. The highest BCUT2D eigenvalue weighted by molar-refractivity contribution is 7.79. The third kappa shape index (κ3) is 5.03. The molecule has 0 unspecified atom stereocenters. The van der Waals surface area contributed by atoms with Gasteiger partial charge in [0.1, 0.15) is 3.82 Å². The molecule has 3 rings (SSSR count). The van der Waals surface area contributed by atoms with Crippen LogP contribution in [0.15, 0.2) is 48.5 Å². The van der Waals surface area contributed by atoms with Crippen molar-refractivity contribution in [3.05, 3.63) is 68.0 Å². The second-order valence-corrected chi connectivity index (χ2v) is 8.71. The molecule has 0 saturated heterocycles. The fourth-order valence-corrected chi connectivity index (χ4v) is 4.66. The fraction of sp³-hybridized carbons (Fsp3) is 0.0588. The smallest absolute Gasteiger partial charge is 0.316 e. The number of nitrogens with one attached hydrogen (secondary N) is 1. The van der Waals surface area contributed by atoms with Gasteiger partial charge >= 0.3 is 5.97 Å². The monoisotopic (exact) mass is 427 g/mol. The molecule has 3 nitrogen and oxygen atoms in total. The Kier molecular flexibility index (Phi) is 6.09. The number of para-hydroxylation sites is 1. The van der Waals surface area contributed by atoms with Gasteiger partial charge in [0, 0.05) is 11.8 Å². The molecule has 3 aromatic rings. The zero-order chi connectivity index (χ0) is 17.8. The van der Waals surface area contributed by atoms with Crippen molar-refractivity contribution >= 4 is 73.4 Å². The van der Waals surface area contributed by atoms with E-state index < -0.39 is 0 Å². The summed E-state index contributed by atoms with van der Waals surface area (Å²) in [7, 11) is 2.75. The minimum Gasteiger partial charge on any atom is -0.414 e. The predicted molar refractivity (Wildman–Crippen MR) is 109 cm³/mol. The summed E-state index contributed by atoms with van der Waals surface area (Å²) in [6.45, 7) is 0. The molecule has 128 valence electrons. The lowest BCUT2D eigenvalue weighted by Gasteiger charge is -2.11. The quantitative estimate of drug-likeness (QED) is 0.278. The lowest BCUT2D eigenvalue weighted by atomic mass is 10.1. The maximum atomic E-state index is 12.1. The second kappa shape index (κ2) is 8.29. The van der Waals surface area contributed by atoms with E-state index >= 15 is 0 Å². The van der Waals surface area contributed by atoms with E-state index in [9.17, 15) is 4.79 Å². The summed E-state index contributed by atoms with van der Waals surface area (Å²) in [6.07, 6.45) is 0.154. The van der Waals surface area contributed by atoms with Crippen LogP contribution in [0, 0.1) is 3.82 Å². The number of benzene rings is 2. The molecule has 0 amide bonds. The minimum absolute atomic E-state index is 0.154. The van der Waals surface area contributed by atoms with Gasteiger partial charge in [-0.05, 0) is 40.2 Å². The Bertz CT molecular complexity index is 948. The van der Waals surface area contributed by atoms with Gasteiger partial charge in [-0.2, -0.15) is 0 Å². The van der Waals surface area contributed by atoms with Gasteiger partial charge < -0.3 is 10.1 Å². The van der Waals surface area contributed by atoms with E-state index in [4.69, 9.17) is 40.2 Å². The molecule has 0 radical (unpaired) electrons. The molecule has 1 aromatic heterocycles. The van der Waals surface area contributed by atoms with E-state index in [1.165, 1.54) is 20.7 Å². The van der Waals surface area contributed by atoms with Crippen LogP contribution >= 0.6 is 56.1 Å². The van der Waals surface area contributed by atoms with Crippen molar-refractivity contribution in [3.8, 4) is 5.06 Å². The van der Waals surface area contributed by atoms with Crippen LogP contribution < -0.4 is 10.1 Å². The normalized spacial score (nSPS) is 10.5. The summed E-state index contributed by atoms with van der Waals surface area (Å²) in [5.74, 6) is -0.336. The molecule has 0 atom stereocenters. The van der Waals surface area contributed by atoms with E-state index in [2.05, 4.69) is 5.32 Å². The number of anilines is 2. The molecule has 0 aliphatic carbocycles. The van der Waals surface area contributed by atoms with Crippen molar-refractivity contribution in [2.75, 3.05) is 5.32 Å². The molecule has 0 aliphatic heterocycles. The van der Waals surface area contributed by atoms with Crippen LogP contribution in [0.4, 0.5) is 11.4 Å². The molecular weight excluding hydrogens is 417 g/mol. The van der Waals surface area contributed by atoms with Gasteiger partial charge in [0.05, 0.1) is 22.2 Å². The topological polar surface area (TPSA) is 38.3 Å². The Morgan fingerprint density at radius 1 is 1.08 bits per heavy atom. The van der Waals surface area contributed by atoms with Crippen molar-refractivity contribution < 1.29 is 9.53 Å². The average Bonchev–Trinajstić information content (AvgIpc) is 2.96. The van der Waals surface area contributed by atoms with E-state index in [1.54, 1.807) is 24.3 Å². The highest BCUT2D eigenvalue weighted by atomic mass is 35.5. The second-order valence-electron chi connectivity index (χ2n) is 5.02. The van der Waals surface area contributed by atoms with Crippen LogP contribution in [0.5, 0.6) is 5.06 Å². The van der Waals surface area contributed by atoms with Gasteiger partial charge in [-0.15, -0.1) is 0 Å². The third-order valence-electron chi connectivity index (χ3n) is 3.16. The highest BCUT2D eigenvalue weighted by Gasteiger charge is 2.10. The molecule has 8 heteroatoms. The Morgan fingerprint density at radius 3 is 2.48 bits per heavy atom. The van der Waals surface area contributed by atoms with Crippen LogP contribution in [0.1, 0.15) is 5.56 Å². The Hall–Kier alpha value is -1.44. The van der Waals surface area contributed by atoms with Gasteiger partial charge in [0.2, 0.25) is 0 Å². The number of carbonyl (C=O) groups is 1. The predicted octanol–water partition coefficient (Wildman–Crippen LogP) is 6.74. The Balaban J connectivity index is 1.71. The highest BCUT2D eigenvalue weighted by Crippen LogP contribution is 2.32. The summed E-state index contributed by atoms with van der Waals surface area (Å²) < 4.78 is 6.00. The van der Waals surface area contributed by atoms with E-state index in [1.807, 2.05) is 24.3 Å². The van der Waals surface area contributed by atoms with Gasteiger partial charge in [0.25, 0.3) is 0 Å². The molecule has 1 heterocycles. The zero-order valence-electron chi connectivity index (χ0n) is 12.6. The van der Waals surface area contributed by atoms with Crippen molar-refractivity contribution in [1.29, 1.82) is 0 Å². The maximum Gasteiger partial charge on any atom is 0.316 e. The standard InChI is InChI=1S/C17H11Cl2NO2S3/c18-12-5-2-6-13(19)17(12)20-11-4-1-3-10(7-11)8-14(21)22-15-9-16(23)25-24-15/h1-7,9,20H,8H2. The van der Waals surface area contributed by atoms with Gasteiger partial charge in [-0.3, -0.25) is 4.79 Å². The average molecular weight is 428 g/mol. The number of ether oxygens (including phenoxy) is 1. The molecule has 1 N–H and O–H groups in total. The first kappa shape index (κ1) is 18.4. The van der Waals surface area contributed by atoms with Crippen LogP contribution in [0.2, 0.25) is 10.0 Å². The van der Waals surface area contributed by atoms with Crippen LogP contribution in [0.25, 0.3) is 0 Å². The Labute approximate surface area is 167 Å². The number of esters is 1. The summed E-state index contributed by atoms with van der Waals surface area (Å²) in [5.41, 5.74) is 2.23. The molecule has 25 heavy (non-hydrogen) atoms. The fourth-order valence-electron chi connectivity index (χ4n) is 2.11. The lowest BCUT2D eigenvalue weighted by Crippen LogP contribution is -2.10. The van der Waals surface area contributed by atoms with Crippen LogP contribution in [0.3, 0.4) is 0 Å². The maximum absolute atomic E-state index is 12.1. The van der Waals surface area contributed by atoms with Crippen molar-refractivity contribution in [2.24, 2.45) is 0 Å². The van der Waals surface area contributed by atoms with Crippen molar-refractivity contribution in [1.82, 2.24) is 0 Å². The number of carbonyl (C=O) groups excluding carboxylic acids is 1. The number of rotatable bonds is 5. The van der Waals surface area contributed by atoms with Crippen molar-refractivity contribution in [3.63, 3.8) is 0 Å². The molecule has 0 spiro atoms. The molecule has 0 saturated carbocycles. The first-order chi connectivity index (χ1) is 12.0. The molecular formula is C17H11Cl2NO2S3. The molecule has 0 bridgehead atoms.